The zero-order chi connectivity index (χ0) is 8.93. The third-order valence-corrected chi connectivity index (χ3v) is 2.32. The molecule has 13 heavy (non-hydrogen) atoms. The monoisotopic (exact) mass is 182 g/mol. The molecule has 1 aromatic heterocycles. The van der Waals surface area contributed by atoms with Crippen molar-refractivity contribution in [2.75, 3.05) is 19.7 Å². The Bertz CT molecular complexity index is 230. The Balaban J connectivity index is 1.72. The molecule has 1 aliphatic heterocycles. The summed E-state index contributed by atoms with van der Waals surface area (Å²) >= 11 is 0. The van der Waals surface area contributed by atoms with Crippen molar-refractivity contribution < 1.29 is 4.74 Å². The van der Waals surface area contributed by atoms with Crippen LogP contribution in [-0.4, -0.2) is 35.1 Å². The van der Waals surface area contributed by atoms with E-state index in [0.29, 0.717) is 11.8 Å². The topological polar surface area (TPSA) is 62.8 Å². The van der Waals surface area contributed by atoms with Crippen LogP contribution in [0.2, 0.25) is 0 Å². The SMILES string of the molecule is c1n[nH]nc1OCC1CCNCC1. The number of aromatic amines is 1. The smallest absolute Gasteiger partial charge is 0.253 e. The van der Waals surface area contributed by atoms with Gasteiger partial charge in [0.15, 0.2) is 0 Å². The second-order valence-electron chi connectivity index (χ2n) is 3.31. The minimum atomic E-state index is 0.596. The average Bonchev–Trinajstić information content (AvgIpc) is 2.69. The fourth-order valence-corrected chi connectivity index (χ4v) is 1.51. The summed E-state index contributed by atoms with van der Waals surface area (Å²) in [6.45, 7) is 2.97. The lowest BCUT2D eigenvalue weighted by atomic mass is 9.99. The molecule has 0 spiro atoms. The molecule has 1 aromatic rings. The number of ether oxygens (including phenoxy) is 1. The van der Waals surface area contributed by atoms with Crippen LogP contribution in [0.25, 0.3) is 0 Å². The first-order chi connectivity index (χ1) is 6.45. The van der Waals surface area contributed by atoms with Crippen LogP contribution in [0.5, 0.6) is 5.88 Å². The van der Waals surface area contributed by atoms with E-state index in [1.807, 2.05) is 0 Å². The van der Waals surface area contributed by atoms with Gasteiger partial charge in [-0.05, 0) is 31.8 Å². The van der Waals surface area contributed by atoms with Gasteiger partial charge in [-0.2, -0.15) is 10.3 Å². The number of H-pyrrole nitrogens is 1. The van der Waals surface area contributed by atoms with Gasteiger partial charge in [0.2, 0.25) is 0 Å². The molecule has 5 nitrogen and oxygen atoms in total. The summed E-state index contributed by atoms with van der Waals surface area (Å²) in [5, 5.41) is 13.3. The van der Waals surface area contributed by atoms with Crippen LogP contribution < -0.4 is 10.1 Å². The van der Waals surface area contributed by atoms with Crippen LogP contribution in [0.15, 0.2) is 6.20 Å². The highest BCUT2D eigenvalue weighted by atomic mass is 16.5. The largest absolute Gasteiger partial charge is 0.475 e. The van der Waals surface area contributed by atoms with Gasteiger partial charge in [0.05, 0.1) is 6.61 Å². The summed E-state index contributed by atoms with van der Waals surface area (Å²) in [5.74, 6) is 1.26. The number of hydrogen-bond acceptors (Lipinski definition) is 4. The maximum Gasteiger partial charge on any atom is 0.253 e. The lowest BCUT2D eigenvalue weighted by molar-refractivity contribution is 0.209. The Morgan fingerprint density at radius 3 is 3.00 bits per heavy atom. The van der Waals surface area contributed by atoms with Crippen molar-refractivity contribution in [2.24, 2.45) is 5.92 Å². The summed E-state index contributed by atoms with van der Waals surface area (Å²) in [7, 11) is 0. The van der Waals surface area contributed by atoms with Crippen LogP contribution in [0.4, 0.5) is 0 Å². The Labute approximate surface area is 76.9 Å². The minimum Gasteiger partial charge on any atom is -0.475 e. The van der Waals surface area contributed by atoms with E-state index in [0.717, 1.165) is 19.7 Å². The highest BCUT2D eigenvalue weighted by Gasteiger charge is 2.13. The zero-order valence-corrected chi connectivity index (χ0v) is 7.49. The highest BCUT2D eigenvalue weighted by molar-refractivity contribution is 4.97. The van der Waals surface area contributed by atoms with E-state index in [9.17, 15) is 0 Å². The van der Waals surface area contributed by atoms with Crippen molar-refractivity contribution in [3.05, 3.63) is 6.20 Å². The van der Waals surface area contributed by atoms with Crippen LogP contribution >= 0.6 is 0 Å². The number of aromatic nitrogens is 3. The van der Waals surface area contributed by atoms with E-state index < -0.39 is 0 Å². The second kappa shape index (κ2) is 4.23. The molecule has 0 amide bonds. The Hall–Kier alpha value is -1.10. The van der Waals surface area contributed by atoms with E-state index in [1.165, 1.54) is 12.8 Å². The van der Waals surface area contributed by atoms with Gasteiger partial charge in [0, 0.05) is 0 Å². The number of nitrogens with one attached hydrogen (secondary N) is 2. The molecule has 0 atom stereocenters. The van der Waals surface area contributed by atoms with Gasteiger partial charge >= 0.3 is 0 Å². The number of piperidine rings is 1. The summed E-state index contributed by atoms with van der Waals surface area (Å²) in [4.78, 5) is 0. The standard InChI is InChI=1S/C8H14N4O/c1-3-9-4-2-7(1)6-13-8-5-10-12-11-8/h5,7,9H,1-4,6H2,(H,10,11,12). The fourth-order valence-electron chi connectivity index (χ4n) is 1.51. The molecule has 0 bridgehead atoms. The number of hydrogen-bond donors (Lipinski definition) is 2. The summed E-state index contributed by atoms with van der Waals surface area (Å²) in [6, 6.07) is 0. The first-order valence-corrected chi connectivity index (χ1v) is 4.64. The second-order valence-corrected chi connectivity index (χ2v) is 3.31. The van der Waals surface area contributed by atoms with E-state index >= 15 is 0 Å². The number of nitrogens with zero attached hydrogens (tertiary/aromatic N) is 2. The van der Waals surface area contributed by atoms with E-state index in [-0.39, 0.29) is 0 Å². The lowest BCUT2D eigenvalue weighted by Gasteiger charge is -2.21. The third kappa shape index (κ3) is 2.42. The molecule has 1 saturated heterocycles. The molecule has 0 unspecified atom stereocenters. The van der Waals surface area contributed by atoms with Gasteiger partial charge in [-0.25, -0.2) is 0 Å². The Kier molecular flexibility index (Phi) is 2.76. The lowest BCUT2D eigenvalue weighted by Crippen LogP contribution is -2.30. The number of rotatable bonds is 3. The van der Waals surface area contributed by atoms with E-state index in [1.54, 1.807) is 6.20 Å². The van der Waals surface area contributed by atoms with Gasteiger partial charge in [-0.1, -0.05) is 0 Å². The maximum absolute atomic E-state index is 5.45. The van der Waals surface area contributed by atoms with Crippen molar-refractivity contribution in [3.63, 3.8) is 0 Å². The molecular weight excluding hydrogens is 168 g/mol. The average molecular weight is 182 g/mol. The first-order valence-electron chi connectivity index (χ1n) is 4.64. The van der Waals surface area contributed by atoms with Gasteiger partial charge in [0.1, 0.15) is 6.20 Å². The molecule has 1 aliphatic rings. The third-order valence-electron chi connectivity index (χ3n) is 2.32. The molecule has 2 heterocycles. The molecule has 72 valence electrons. The van der Waals surface area contributed by atoms with Gasteiger partial charge in [-0.3, -0.25) is 0 Å². The van der Waals surface area contributed by atoms with Crippen molar-refractivity contribution in [2.45, 2.75) is 12.8 Å². The van der Waals surface area contributed by atoms with Crippen LogP contribution in [0, 0.1) is 5.92 Å². The zero-order valence-electron chi connectivity index (χ0n) is 7.49. The fraction of sp³-hybridized carbons (Fsp3) is 0.750. The minimum absolute atomic E-state index is 0.596. The van der Waals surface area contributed by atoms with Crippen LogP contribution in [0.1, 0.15) is 12.8 Å². The maximum atomic E-state index is 5.45. The predicted octanol–water partition coefficient (Wildman–Crippen LogP) is 0.183. The molecule has 0 saturated carbocycles. The predicted molar refractivity (Wildman–Crippen MR) is 47.5 cm³/mol. The van der Waals surface area contributed by atoms with E-state index in [2.05, 4.69) is 20.7 Å². The molecule has 2 rings (SSSR count). The van der Waals surface area contributed by atoms with Crippen molar-refractivity contribution >= 4 is 0 Å². The summed E-state index contributed by atoms with van der Waals surface area (Å²) in [6.07, 6.45) is 3.98. The Morgan fingerprint density at radius 1 is 1.46 bits per heavy atom. The quantitative estimate of drug-likeness (QED) is 0.700. The summed E-state index contributed by atoms with van der Waals surface area (Å²) in [5.41, 5.74) is 0. The molecule has 0 radical (unpaired) electrons. The van der Waals surface area contributed by atoms with Crippen molar-refractivity contribution in [1.82, 2.24) is 20.7 Å². The Morgan fingerprint density at radius 2 is 2.31 bits per heavy atom. The molecule has 2 N–H and O–H groups in total. The highest BCUT2D eigenvalue weighted by Crippen LogP contribution is 2.13. The normalized spacial score (nSPS) is 18.8. The van der Waals surface area contributed by atoms with Crippen molar-refractivity contribution in [3.8, 4) is 5.88 Å². The molecule has 0 aromatic carbocycles. The molecule has 1 fully saturated rings. The molecule has 5 heteroatoms. The van der Waals surface area contributed by atoms with Gasteiger partial charge < -0.3 is 10.1 Å². The van der Waals surface area contributed by atoms with Crippen molar-refractivity contribution in [1.29, 1.82) is 0 Å². The van der Waals surface area contributed by atoms with E-state index in [4.69, 9.17) is 4.74 Å². The van der Waals surface area contributed by atoms with Crippen LogP contribution in [-0.2, 0) is 0 Å². The van der Waals surface area contributed by atoms with Gasteiger partial charge in [-0.15, -0.1) is 5.10 Å². The van der Waals surface area contributed by atoms with Crippen LogP contribution in [0.3, 0.4) is 0 Å². The summed E-state index contributed by atoms with van der Waals surface area (Å²) < 4.78 is 5.45. The first kappa shape index (κ1) is 8.50. The van der Waals surface area contributed by atoms with Gasteiger partial charge in [0.25, 0.3) is 5.88 Å². The molecular formula is C8H14N4O. The molecule has 0 aliphatic carbocycles.